The second-order valence-electron chi connectivity index (χ2n) is 8.67. The van der Waals surface area contributed by atoms with Crippen LogP contribution in [-0.4, -0.2) is 0 Å². The summed E-state index contributed by atoms with van der Waals surface area (Å²) in [6, 6.07) is 14.4. The zero-order valence-corrected chi connectivity index (χ0v) is 17.6. The summed E-state index contributed by atoms with van der Waals surface area (Å²) < 4.78 is 41.3. The van der Waals surface area contributed by atoms with Crippen molar-refractivity contribution in [2.45, 2.75) is 70.6 Å². The fraction of sp³-hybridized carbons (Fsp3) is 0.407. The molecule has 0 amide bonds. The van der Waals surface area contributed by atoms with Gasteiger partial charge in [-0.15, -0.1) is 0 Å². The molecule has 3 aromatic rings. The largest absolute Gasteiger partial charge is 0.204 e. The van der Waals surface area contributed by atoms with Crippen LogP contribution in [0, 0.1) is 17.5 Å². The number of unbranched alkanes of at least 4 members (excludes halogenated alkanes) is 4. The third kappa shape index (κ3) is 4.40. The van der Waals surface area contributed by atoms with E-state index >= 15 is 0 Å². The van der Waals surface area contributed by atoms with Crippen LogP contribution in [0.2, 0.25) is 0 Å². The van der Waals surface area contributed by atoms with Crippen molar-refractivity contribution in [3.8, 4) is 0 Å². The summed E-state index contributed by atoms with van der Waals surface area (Å²) in [5, 5.41) is 2.43. The van der Waals surface area contributed by atoms with Gasteiger partial charge in [-0.1, -0.05) is 69.0 Å². The van der Waals surface area contributed by atoms with Gasteiger partial charge in [0.25, 0.3) is 0 Å². The van der Waals surface area contributed by atoms with Gasteiger partial charge in [0.1, 0.15) is 0 Å². The molecule has 3 heteroatoms. The standard InChI is InChI=1S/C27H29F3/c1-2-3-4-5-6-7-18-8-9-20-15-21(11-10-19(20)14-18)22-12-13-24-23(16-22)17-25(28)27(30)26(24)29/h8-11,14-15,17,22H,2-7,12-13,16H2,1H3. The molecule has 0 N–H and O–H groups in total. The van der Waals surface area contributed by atoms with Crippen LogP contribution in [0.5, 0.6) is 0 Å². The summed E-state index contributed by atoms with van der Waals surface area (Å²) in [7, 11) is 0. The molecule has 0 aromatic heterocycles. The van der Waals surface area contributed by atoms with Crippen molar-refractivity contribution < 1.29 is 13.2 Å². The Morgan fingerprint density at radius 2 is 1.60 bits per heavy atom. The smallest absolute Gasteiger partial charge is 0.194 e. The number of benzene rings is 3. The number of rotatable bonds is 7. The van der Waals surface area contributed by atoms with Crippen molar-refractivity contribution in [1.82, 2.24) is 0 Å². The Balaban J connectivity index is 1.48. The molecule has 1 unspecified atom stereocenters. The van der Waals surface area contributed by atoms with Gasteiger partial charge in [0.15, 0.2) is 17.5 Å². The number of fused-ring (bicyclic) bond motifs is 2. The van der Waals surface area contributed by atoms with Crippen molar-refractivity contribution in [2.24, 2.45) is 0 Å². The topological polar surface area (TPSA) is 0 Å². The van der Waals surface area contributed by atoms with Gasteiger partial charge in [0.2, 0.25) is 0 Å². The molecule has 0 nitrogen and oxygen atoms in total. The molecule has 1 aliphatic rings. The normalized spacial score (nSPS) is 16.1. The Hall–Kier alpha value is -2.29. The zero-order valence-electron chi connectivity index (χ0n) is 17.6. The highest BCUT2D eigenvalue weighted by Gasteiger charge is 2.26. The first-order valence-corrected chi connectivity index (χ1v) is 11.2. The van der Waals surface area contributed by atoms with E-state index in [9.17, 15) is 13.2 Å². The minimum atomic E-state index is -1.35. The molecule has 1 atom stereocenters. The maximum absolute atomic E-state index is 14.1. The molecule has 1 aliphatic carbocycles. The van der Waals surface area contributed by atoms with Crippen LogP contribution in [0.4, 0.5) is 13.2 Å². The Bertz CT molecular complexity index is 1040. The van der Waals surface area contributed by atoms with Gasteiger partial charge in [-0.2, -0.15) is 0 Å². The molecule has 30 heavy (non-hydrogen) atoms. The highest BCUT2D eigenvalue weighted by Crippen LogP contribution is 2.36. The molecule has 0 spiro atoms. The van der Waals surface area contributed by atoms with Crippen LogP contribution in [0.25, 0.3) is 10.8 Å². The Morgan fingerprint density at radius 1 is 0.833 bits per heavy atom. The van der Waals surface area contributed by atoms with E-state index in [0.717, 1.165) is 12.8 Å². The van der Waals surface area contributed by atoms with Crippen molar-refractivity contribution in [3.05, 3.63) is 82.2 Å². The van der Waals surface area contributed by atoms with Crippen LogP contribution < -0.4 is 0 Å². The molecule has 0 aliphatic heterocycles. The summed E-state index contributed by atoms with van der Waals surface area (Å²) in [6.45, 7) is 2.24. The lowest BCUT2D eigenvalue weighted by Crippen LogP contribution is -2.16. The highest BCUT2D eigenvalue weighted by atomic mass is 19.2. The molecule has 4 rings (SSSR count). The molecule has 0 bridgehead atoms. The zero-order chi connectivity index (χ0) is 21.1. The first-order valence-electron chi connectivity index (χ1n) is 11.2. The van der Waals surface area contributed by atoms with E-state index < -0.39 is 17.5 Å². The van der Waals surface area contributed by atoms with E-state index in [0.29, 0.717) is 24.0 Å². The van der Waals surface area contributed by atoms with E-state index in [1.54, 1.807) is 0 Å². The van der Waals surface area contributed by atoms with E-state index in [1.165, 1.54) is 60.1 Å². The Kier molecular flexibility index (Phi) is 6.46. The van der Waals surface area contributed by atoms with Crippen LogP contribution in [0.1, 0.15) is 73.6 Å². The monoisotopic (exact) mass is 410 g/mol. The van der Waals surface area contributed by atoms with Crippen LogP contribution in [0.3, 0.4) is 0 Å². The van der Waals surface area contributed by atoms with Crippen molar-refractivity contribution >= 4 is 10.8 Å². The molecule has 0 radical (unpaired) electrons. The van der Waals surface area contributed by atoms with Gasteiger partial charge < -0.3 is 0 Å². The van der Waals surface area contributed by atoms with Gasteiger partial charge in [-0.3, -0.25) is 0 Å². The molecule has 0 fully saturated rings. The summed E-state index contributed by atoms with van der Waals surface area (Å²) in [4.78, 5) is 0. The quantitative estimate of drug-likeness (QED) is 0.273. The molecule has 3 aromatic carbocycles. The average molecular weight is 411 g/mol. The fourth-order valence-electron chi connectivity index (χ4n) is 4.76. The third-order valence-electron chi connectivity index (χ3n) is 6.53. The molecule has 0 saturated heterocycles. The molecule has 0 saturated carbocycles. The maximum Gasteiger partial charge on any atom is 0.194 e. The molecular weight excluding hydrogens is 381 g/mol. The maximum atomic E-state index is 14.1. The van der Waals surface area contributed by atoms with E-state index in [2.05, 4.69) is 43.3 Å². The Morgan fingerprint density at radius 3 is 2.43 bits per heavy atom. The second-order valence-corrected chi connectivity index (χ2v) is 8.67. The lowest BCUT2D eigenvalue weighted by atomic mass is 9.79. The van der Waals surface area contributed by atoms with E-state index in [4.69, 9.17) is 0 Å². The van der Waals surface area contributed by atoms with Gasteiger partial charge in [0, 0.05) is 0 Å². The summed E-state index contributed by atoms with van der Waals surface area (Å²) in [5.74, 6) is -3.25. The molecule has 158 valence electrons. The lowest BCUT2D eigenvalue weighted by Gasteiger charge is -2.26. The minimum Gasteiger partial charge on any atom is -0.204 e. The first kappa shape index (κ1) is 21.0. The van der Waals surface area contributed by atoms with Crippen LogP contribution in [0.15, 0.2) is 42.5 Å². The highest BCUT2D eigenvalue weighted by molar-refractivity contribution is 5.84. The van der Waals surface area contributed by atoms with Crippen molar-refractivity contribution in [2.75, 3.05) is 0 Å². The van der Waals surface area contributed by atoms with E-state index in [1.807, 2.05) is 0 Å². The summed E-state index contributed by atoms with van der Waals surface area (Å²) in [5.41, 5.74) is 3.51. The van der Waals surface area contributed by atoms with Crippen molar-refractivity contribution in [1.29, 1.82) is 0 Å². The fourth-order valence-corrected chi connectivity index (χ4v) is 4.76. The lowest BCUT2D eigenvalue weighted by molar-refractivity contribution is 0.428. The van der Waals surface area contributed by atoms with Gasteiger partial charge in [-0.05, 0) is 77.1 Å². The summed E-state index contributed by atoms with van der Waals surface area (Å²) in [6.07, 6.45) is 9.29. The average Bonchev–Trinajstić information content (AvgIpc) is 2.76. The first-order chi connectivity index (χ1) is 14.6. The van der Waals surface area contributed by atoms with Gasteiger partial charge in [-0.25, -0.2) is 13.2 Å². The van der Waals surface area contributed by atoms with Crippen LogP contribution in [-0.2, 0) is 19.3 Å². The van der Waals surface area contributed by atoms with E-state index in [-0.39, 0.29) is 5.92 Å². The number of halogens is 3. The summed E-state index contributed by atoms with van der Waals surface area (Å²) >= 11 is 0. The van der Waals surface area contributed by atoms with Gasteiger partial charge >= 0.3 is 0 Å². The third-order valence-corrected chi connectivity index (χ3v) is 6.53. The number of hydrogen-bond donors (Lipinski definition) is 0. The second kappa shape index (κ2) is 9.24. The Labute approximate surface area is 177 Å². The van der Waals surface area contributed by atoms with Crippen LogP contribution >= 0.6 is 0 Å². The minimum absolute atomic E-state index is 0.199. The molecular formula is C27H29F3. The number of hydrogen-bond acceptors (Lipinski definition) is 0. The van der Waals surface area contributed by atoms with Gasteiger partial charge in [0.05, 0.1) is 0 Å². The molecule has 0 heterocycles. The predicted molar refractivity (Wildman–Crippen MR) is 117 cm³/mol. The SMILES string of the molecule is CCCCCCCc1ccc2cc(C3CCc4c(cc(F)c(F)c4F)C3)ccc2c1. The number of aryl methyl sites for hydroxylation is 1. The predicted octanol–water partition coefficient (Wildman–Crippen LogP) is 8.04. The van der Waals surface area contributed by atoms with Crippen molar-refractivity contribution in [3.63, 3.8) is 0 Å².